The molecule has 1 aromatic heterocycles. The molecular formula is C16H20N4O3S. The molecule has 0 aliphatic rings. The Kier molecular flexibility index (Phi) is 6.14. The van der Waals surface area contributed by atoms with Gasteiger partial charge in [0.2, 0.25) is 10.0 Å². The number of aromatic nitrogens is 1. The Labute approximate surface area is 141 Å². The maximum atomic E-state index is 11.8. The minimum absolute atomic E-state index is 0.0724. The lowest BCUT2D eigenvalue weighted by Gasteiger charge is -2.09. The zero-order valence-electron chi connectivity index (χ0n) is 13.3. The SMILES string of the molecule is CCCS(=O)(=O)Nc1ccc(NC(=O)NCc2ccccn2)cc1. The summed E-state index contributed by atoms with van der Waals surface area (Å²) in [5.74, 6) is 0.0724. The van der Waals surface area contributed by atoms with Crippen LogP contribution in [0, 0.1) is 0 Å². The third-order valence-corrected chi connectivity index (χ3v) is 4.54. The number of nitrogens with zero attached hydrogens (tertiary/aromatic N) is 1. The summed E-state index contributed by atoms with van der Waals surface area (Å²) in [6.45, 7) is 2.12. The van der Waals surface area contributed by atoms with E-state index in [-0.39, 0.29) is 11.8 Å². The molecule has 0 atom stereocenters. The normalized spacial score (nSPS) is 10.9. The van der Waals surface area contributed by atoms with E-state index in [2.05, 4.69) is 20.3 Å². The van der Waals surface area contributed by atoms with E-state index in [1.165, 1.54) is 0 Å². The summed E-state index contributed by atoms with van der Waals surface area (Å²) in [6, 6.07) is 11.6. The number of hydrogen-bond donors (Lipinski definition) is 3. The van der Waals surface area contributed by atoms with Crippen molar-refractivity contribution in [3.63, 3.8) is 0 Å². The van der Waals surface area contributed by atoms with Crippen molar-refractivity contribution in [1.29, 1.82) is 0 Å². The van der Waals surface area contributed by atoms with Crippen molar-refractivity contribution in [2.24, 2.45) is 0 Å². The van der Waals surface area contributed by atoms with E-state index < -0.39 is 10.0 Å². The third-order valence-electron chi connectivity index (χ3n) is 3.05. The lowest BCUT2D eigenvalue weighted by atomic mass is 10.3. The molecule has 128 valence electrons. The predicted octanol–water partition coefficient (Wildman–Crippen LogP) is 2.56. The lowest BCUT2D eigenvalue weighted by Crippen LogP contribution is -2.28. The van der Waals surface area contributed by atoms with E-state index in [0.717, 1.165) is 5.69 Å². The molecule has 7 nitrogen and oxygen atoms in total. The van der Waals surface area contributed by atoms with Crippen LogP contribution < -0.4 is 15.4 Å². The van der Waals surface area contributed by atoms with Crippen LogP contribution in [0.2, 0.25) is 0 Å². The van der Waals surface area contributed by atoms with Crippen LogP contribution in [0.25, 0.3) is 0 Å². The number of carbonyl (C=O) groups excluding carboxylic acids is 1. The van der Waals surface area contributed by atoms with Crippen molar-refractivity contribution in [2.45, 2.75) is 19.9 Å². The Hall–Kier alpha value is -2.61. The topological polar surface area (TPSA) is 100 Å². The van der Waals surface area contributed by atoms with Gasteiger partial charge < -0.3 is 10.6 Å². The van der Waals surface area contributed by atoms with Gasteiger partial charge in [-0.1, -0.05) is 13.0 Å². The lowest BCUT2D eigenvalue weighted by molar-refractivity contribution is 0.251. The maximum Gasteiger partial charge on any atom is 0.319 e. The van der Waals surface area contributed by atoms with Crippen LogP contribution in [0.3, 0.4) is 0 Å². The fourth-order valence-corrected chi connectivity index (χ4v) is 3.10. The molecule has 8 heteroatoms. The molecule has 0 unspecified atom stereocenters. The van der Waals surface area contributed by atoms with Gasteiger partial charge in [0, 0.05) is 17.6 Å². The van der Waals surface area contributed by atoms with Crippen molar-refractivity contribution >= 4 is 27.4 Å². The Bertz CT molecular complexity index is 762. The number of anilines is 2. The number of hydrogen-bond acceptors (Lipinski definition) is 4. The summed E-state index contributed by atoms with van der Waals surface area (Å²) in [5.41, 5.74) is 1.78. The molecular weight excluding hydrogens is 328 g/mol. The second-order valence-corrected chi connectivity index (χ2v) is 6.97. The van der Waals surface area contributed by atoms with Crippen molar-refractivity contribution in [1.82, 2.24) is 10.3 Å². The molecule has 0 aliphatic heterocycles. The van der Waals surface area contributed by atoms with Gasteiger partial charge in [-0.15, -0.1) is 0 Å². The third kappa shape index (κ3) is 5.88. The standard InChI is InChI=1S/C16H20N4O3S/c1-2-11-24(22,23)20-14-8-6-13(7-9-14)19-16(21)18-12-15-5-3-4-10-17-15/h3-10,20H,2,11-12H2,1H3,(H2,18,19,21). The van der Waals surface area contributed by atoms with Crippen LogP contribution in [-0.2, 0) is 16.6 Å². The quantitative estimate of drug-likeness (QED) is 0.716. The zero-order chi connectivity index (χ0) is 17.4. The van der Waals surface area contributed by atoms with E-state index in [1.54, 1.807) is 43.5 Å². The highest BCUT2D eigenvalue weighted by Gasteiger charge is 2.08. The van der Waals surface area contributed by atoms with E-state index in [9.17, 15) is 13.2 Å². The molecule has 0 radical (unpaired) electrons. The van der Waals surface area contributed by atoms with E-state index in [1.807, 2.05) is 12.1 Å². The van der Waals surface area contributed by atoms with Crippen LogP contribution in [-0.4, -0.2) is 25.2 Å². The molecule has 2 rings (SSSR count). The molecule has 0 fully saturated rings. The first kappa shape index (κ1) is 17.7. The number of urea groups is 1. The highest BCUT2D eigenvalue weighted by atomic mass is 32.2. The van der Waals surface area contributed by atoms with Gasteiger partial charge in [0.15, 0.2) is 0 Å². The van der Waals surface area contributed by atoms with Crippen LogP contribution in [0.1, 0.15) is 19.0 Å². The molecule has 0 spiro atoms. The van der Waals surface area contributed by atoms with Gasteiger partial charge in [-0.2, -0.15) is 0 Å². The minimum atomic E-state index is -3.32. The van der Waals surface area contributed by atoms with Gasteiger partial charge in [-0.25, -0.2) is 13.2 Å². The molecule has 24 heavy (non-hydrogen) atoms. The van der Waals surface area contributed by atoms with Crippen LogP contribution in [0.5, 0.6) is 0 Å². The number of sulfonamides is 1. The van der Waals surface area contributed by atoms with Crippen LogP contribution >= 0.6 is 0 Å². The average molecular weight is 348 g/mol. The van der Waals surface area contributed by atoms with Crippen LogP contribution in [0.15, 0.2) is 48.7 Å². The van der Waals surface area contributed by atoms with E-state index in [4.69, 9.17) is 0 Å². The molecule has 1 heterocycles. The molecule has 2 amide bonds. The van der Waals surface area contributed by atoms with Gasteiger partial charge in [0.1, 0.15) is 0 Å². The molecule has 0 saturated carbocycles. The minimum Gasteiger partial charge on any atom is -0.332 e. The van der Waals surface area contributed by atoms with E-state index >= 15 is 0 Å². The highest BCUT2D eigenvalue weighted by molar-refractivity contribution is 7.92. The van der Waals surface area contributed by atoms with Gasteiger partial charge >= 0.3 is 6.03 Å². The second kappa shape index (κ2) is 8.30. The highest BCUT2D eigenvalue weighted by Crippen LogP contribution is 2.15. The first-order chi connectivity index (χ1) is 11.5. The Balaban J connectivity index is 1.86. The predicted molar refractivity (Wildman–Crippen MR) is 94.2 cm³/mol. The van der Waals surface area contributed by atoms with Crippen LogP contribution in [0.4, 0.5) is 16.2 Å². The second-order valence-electron chi connectivity index (χ2n) is 5.13. The van der Waals surface area contributed by atoms with Gasteiger partial charge in [0.25, 0.3) is 0 Å². The van der Waals surface area contributed by atoms with Crippen molar-refractivity contribution in [3.05, 3.63) is 54.4 Å². The zero-order valence-corrected chi connectivity index (χ0v) is 14.1. The van der Waals surface area contributed by atoms with Gasteiger partial charge in [-0.3, -0.25) is 9.71 Å². The largest absolute Gasteiger partial charge is 0.332 e. The molecule has 2 aromatic rings. The first-order valence-electron chi connectivity index (χ1n) is 7.54. The fraction of sp³-hybridized carbons (Fsp3) is 0.250. The molecule has 0 saturated heterocycles. The van der Waals surface area contributed by atoms with Crippen molar-refractivity contribution in [3.8, 4) is 0 Å². The average Bonchev–Trinajstić information content (AvgIpc) is 2.55. The Morgan fingerprint density at radius 3 is 2.42 bits per heavy atom. The number of pyridine rings is 1. The maximum absolute atomic E-state index is 11.8. The van der Waals surface area contributed by atoms with Crippen molar-refractivity contribution < 1.29 is 13.2 Å². The number of rotatable bonds is 7. The number of amides is 2. The molecule has 3 N–H and O–H groups in total. The number of nitrogens with one attached hydrogen (secondary N) is 3. The van der Waals surface area contributed by atoms with Gasteiger partial charge in [0.05, 0.1) is 18.0 Å². The number of benzene rings is 1. The summed E-state index contributed by atoms with van der Waals surface area (Å²) < 4.78 is 25.9. The molecule has 0 bridgehead atoms. The monoisotopic (exact) mass is 348 g/mol. The Morgan fingerprint density at radius 1 is 1.08 bits per heavy atom. The summed E-state index contributed by atoms with van der Waals surface area (Å²) in [5, 5.41) is 5.37. The van der Waals surface area contributed by atoms with Crippen molar-refractivity contribution in [2.75, 3.05) is 15.8 Å². The summed E-state index contributed by atoms with van der Waals surface area (Å²) >= 11 is 0. The van der Waals surface area contributed by atoms with Gasteiger partial charge in [-0.05, 0) is 42.8 Å². The number of carbonyl (C=O) groups is 1. The fourth-order valence-electron chi connectivity index (χ4n) is 1.97. The molecule has 1 aromatic carbocycles. The summed E-state index contributed by atoms with van der Waals surface area (Å²) in [7, 11) is -3.32. The summed E-state index contributed by atoms with van der Waals surface area (Å²) in [4.78, 5) is 15.9. The van der Waals surface area contributed by atoms with E-state index in [0.29, 0.717) is 24.3 Å². The summed E-state index contributed by atoms with van der Waals surface area (Å²) in [6.07, 6.45) is 2.21. The Morgan fingerprint density at radius 2 is 1.79 bits per heavy atom. The molecule has 0 aliphatic carbocycles. The first-order valence-corrected chi connectivity index (χ1v) is 9.19. The smallest absolute Gasteiger partial charge is 0.319 e.